The number of amides is 1. The van der Waals surface area contributed by atoms with E-state index in [1.807, 2.05) is 49.4 Å². The van der Waals surface area contributed by atoms with Crippen LogP contribution in [0.1, 0.15) is 16.2 Å². The van der Waals surface area contributed by atoms with E-state index in [9.17, 15) is 4.79 Å². The Morgan fingerprint density at radius 2 is 1.72 bits per heavy atom. The molecule has 6 nitrogen and oxygen atoms in total. The van der Waals surface area contributed by atoms with Crippen LogP contribution in [0.3, 0.4) is 0 Å². The van der Waals surface area contributed by atoms with Gasteiger partial charge in [-0.1, -0.05) is 47.7 Å². The molecular formula is C19H20N4O2. The maximum Gasteiger partial charge on any atom is 0.276 e. The minimum atomic E-state index is -0.251. The first-order valence-electron chi connectivity index (χ1n) is 8.06. The van der Waals surface area contributed by atoms with Gasteiger partial charge in [-0.05, 0) is 30.2 Å². The number of carbonyl (C=O) groups excluding carboxylic acids is 1. The predicted molar refractivity (Wildman–Crippen MR) is 95.6 cm³/mol. The van der Waals surface area contributed by atoms with Crippen molar-refractivity contribution in [2.24, 2.45) is 0 Å². The topological polar surface area (TPSA) is 71.2 Å². The van der Waals surface area contributed by atoms with Crippen LogP contribution in [0.25, 0.3) is 16.8 Å². The first-order valence-corrected chi connectivity index (χ1v) is 8.06. The first-order chi connectivity index (χ1) is 12.1. The average Bonchev–Trinajstić information content (AvgIpc) is 3.03. The normalized spacial score (nSPS) is 10.7. The monoisotopic (exact) mass is 336 g/mol. The molecule has 25 heavy (non-hydrogen) atoms. The van der Waals surface area contributed by atoms with Crippen molar-refractivity contribution >= 4 is 5.91 Å². The molecule has 0 unspecified atom stereocenters. The summed E-state index contributed by atoms with van der Waals surface area (Å²) >= 11 is 0. The third-order valence-electron chi connectivity index (χ3n) is 4.10. The summed E-state index contributed by atoms with van der Waals surface area (Å²) in [5, 5.41) is 17.1. The lowest BCUT2D eigenvalue weighted by atomic mass is 10.1. The molecule has 6 heteroatoms. The summed E-state index contributed by atoms with van der Waals surface area (Å²) in [6.07, 6.45) is 0. The highest BCUT2D eigenvalue weighted by atomic mass is 16.3. The maximum atomic E-state index is 12.3. The highest BCUT2D eigenvalue weighted by Gasteiger charge is 2.20. The molecule has 0 bridgehead atoms. The molecule has 0 spiro atoms. The van der Waals surface area contributed by atoms with Crippen LogP contribution in [0.15, 0.2) is 54.6 Å². The summed E-state index contributed by atoms with van der Waals surface area (Å²) in [5.74, 6) is -0.251. The van der Waals surface area contributed by atoms with E-state index in [1.165, 1.54) is 4.90 Å². The van der Waals surface area contributed by atoms with Gasteiger partial charge in [-0.2, -0.15) is 0 Å². The fourth-order valence-electron chi connectivity index (χ4n) is 2.63. The van der Waals surface area contributed by atoms with Crippen molar-refractivity contribution in [3.63, 3.8) is 0 Å². The Bertz CT molecular complexity index is 857. The molecule has 1 aromatic heterocycles. The molecule has 1 N–H and O–H groups in total. The van der Waals surface area contributed by atoms with Crippen LogP contribution >= 0.6 is 0 Å². The van der Waals surface area contributed by atoms with E-state index < -0.39 is 0 Å². The number of carbonyl (C=O) groups is 1. The fraction of sp³-hybridized carbons (Fsp3) is 0.211. The minimum Gasteiger partial charge on any atom is -0.395 e. The van der Waals surface area contributed by atoms with Crippen LogP contribution in [0.2, 0.25) is 0 Å². The van der Waals surface area contributed by atoms with E-state index in [2.05, 4.69) is 22.4 Å². The molecule has 1 amide bonds. The van der Waals surface area contributed by atoms with Crippen molar-refractivity contribution in [2.75, 3.05) is 20.2 Å². The Kier molecular flexibility index (Phi) is 4.90. The van der Waals surface area contributed by atoms with Crippen molar-refractivity contribution in [1.29, 1.82) is 0 Å². The summed E-state index contributed by atoms with van der Waals surface area (Å²) in [4.78, 5) is 13.8. The molecule has 3 aromatic rings. The lowest BCUT2D eigenvalue weighted by Gasteiger charge is -2.14. The van der Waals surface area contributed by atoms with Crippen molar-refractivity contribution in [3.8, 4) is 16.8 Å². The second kappa shape index (κ2) is 7.27. The fourth-order valence-corrected chi connectivity index (χ4v) is 2.63. The molecule has 0 saturated carbocycles. The lowest BCUT2D eigenvalue weighted by Crippen LogP contribution is -2.30. The standard InChI is InChI=1S/C19H20N4O2/c1-14-18(19(25)22(2)12-13-24)20-21-23(14)17-10-8-16(9-11-17)15-6-4-3-5-7-15/h3-11,24H,12-13H2,1-2H3. The summed E-state index contributed by atoms with van der Waals surface area (Å²) in [6.45, 7) is 1.98. The number of likely N-dealkylation sites (N-methyl/N-ethyl adjacent to an activating group) is 1. The van der Waals surface area contributed by atoms with E-state index in [-0.39, 0.29) is 19.1 Å². The van der Waals surface area contributed by atoms with Gasteiger partial charge >= 0.3 is 0 Å². The van der Waals surface area contributed by atoms with Gasteiger partial charge in [-0.3, -0.25) is 4.79 Å². The van der Waals surface area contributed by atoms with Gasteiger partial charge in [0, 0.05) is 13.6 Å². The molecule has 0 aliphatic carbocycles. The van der Waals surface area contributed by atoms with E-state index in [1.54, 1.807) is 11.7 Å². The second-order valence-electron chi connectivity index (χ2n) is 5.80. The average molecular weight is 336 g/mol. The van der Waals surface area contributed by atoms with E-state index in [0.717, 1.165) is 16.8 Å². The van der Waals surface area contributed by atoms with Crippen molar-refractivity contribution in [1.82, 2.24) is 19.9 Å². The third-order valence-corrected chi connectivity index (χ3v) is 4.10. The quantitative estimate of drug-likeness (QED) is 0.776. The minimum absolute atomic E-state index is 0.0869. The van der Waals surface area contributed by atoms with Crippen LogP contribution < -0.4 is 0 Å². The number of hydrogen-bond donors (Lipinski definition) is 1. The van der Waals surface area contributed by atoms with Gasteiger partial charge in [0.15, 0.2) is 5.69 Å². The second-order valence-corrected chi connectivity index (χ2v) is 5.80. The molecule has 0 aliphatic rings. The molecule has 0 saturated heterocycles. The van der Waals surface area contributed by atoms with Crippen LogP contribution in [0, 0.1) is 6.92 Å². The zero-order valence-electron chi connectivity index (χ0n) is 14.3. The van der Waals surface area contributed by atoms with Crippen molar-refractivity contribution in [2.45, 2.75) is 6.92 Å². The largest absolute Gasteiger partial charge is 0.395 e. The smallest absolute Gasteiger partial charge is 0.276 e. The Morgan fingerprint density at radius 1 is 1.08 bits per heavy atom. The number of benzene rings is 2. The Labute approximate surface area is 146 Å². The summed E-state index contributed by atoms with van der Waals surface area (Å²) in [7, 11) is 1.63. The number of rotatable bonds is 5. The number of aliphatic hydroxyl groups is 1. The van der Waals surface area contributed by atoms with E-state index in [4.69, 9.17) is 5.11 Å². The molecule has 1 heterocycles. The van der Waals surface area contributed by atoms with Gasteiger partial charge in [-0.25, -0.2) is 4.68 Å². The molecule has 128 valence electrons. The SMILES string of the molecule is Cc1c(C(=O)N(C)CCO)nnn1-c1ccc(-c2ccccc2)cc1. The number of hydrogen-bond acceptors (Lipinski definition) is 4. The van der Waals surface area contributed by atoms with Crippen LogP contribution in [-0.2, 0) is 0 Å². The molecule has 0 atom stereocenters. The lowest BCUT2D eigenvalue weighted by molar-refractivity contribution is 0.0760. The van der Waals surface area contributed by atoms with Crippen molar-refractivity contribution in [3.05, 3.63) is 66.0 Å². The van der Waals surface area contributed by atoms with Crippen LogP contribution in [0.5, 0.6) is 0 Å². The molecular weight excluding hydrogens is 316 g/mol. The van der Waals surface area contributed by atoms with Gasteiger partial charge in [-0.15, -0.1) is 5.10 Å². The maximum absolute atomic E-state index is 12.3. The predicted octanol–water partition coefficient (Wildman–Crippen LogP) is 2.31. The molecule has 2 aromatic carbocycles. The van der Waals surface area contributed by atoms with Crippen molar-refractivity contribution < 1.29 is 9.90 Å². The summed E-state index contributed by atoms with van der Waals surface area (Å²) in [6, 6.07) is 18.1. The van der Waals surface area contributed by atoms with E-state index >= 15 is 0 Å². The first kappa shape index (κ1) is 16.9. The van der Waals surface area contributed by atoms with Gasteiger partial charge in [0.05, 0.1) is 18.0 Å². The Balaban J connectivity index is 1.87. The van der Waals surface area contributed by atoms with Gasteiger partial charge in [0.1, 0.15) is 0 Å². The zero-order chi connectivity index (χ0) is 17.8. The van der Waals surface area contributed by atoms with Gasteiger partial charge in [0.25, 0.3) is 5.91 Å². The Morgan fingerprint density at radius 3 is 2.36 bits per heavy atom. The van der Waals surface area contributed by atoms with Crippen LogP contribution in [-0.4, -0.2) is 51.1 Å². The Hall–Kier alpha value is -2.99. The number of nitrogens with zero attached hydrogens (tertiary/aromatic N) is 4. The molecule has 0 fully saturated rings. The highest BCUT2D eigenvalue weighted by molar-refractivity contribution is 5.93. The summed E-state index contributed by atoms with van der Waals surface area (Å²) < 4.78 is 1.65. The van der Waals surface area contributed by atoms with Gasteiger partial charge in [0.2, 0.25) is 0 Å². The summed E-state index contributed by atoms with van der Waals surface area (Å²) in [5.41, 5.74) is 4.06. The van der Waals surface area contributed by atoms with Crippen LogP contribution in [0.4, 0.5) is 0 Å². The number of aromatic nitrogens is 3. The number of aliphatic hydroxyl groups excluding tert-OH is 1. The highest BCUT2D eigenvalue weighted by Crippen LogP contribution is 2.21. The molecule has 0 aliphatic heterocycles. The molecule has 0 radical (unpaired) electrons. The molecule has 3 rings (SSSR count). The van der Waals surface area contributed by atoms with E-state index in [0.29, 0.717) is 11.4 Å². The van der Waals surface area contributed by atoms with Gasteiger partial charge < -0.3 is 10.0 Å². The third kappa shape index (κ3) is 3.44. The zero-order valence-corrected chi connectivity index (χ0v) is 14.3.